The van der Waals surface area contributed by atoms with Gasteiger partial charge in [0.2, 0.25) is 0 Å². The molecular weight excluding hydrogens is 391 g/mol. The van der Waals surface area contributed by atoms with Gasteiger partial charge in [0, 0.05) is 0 Å². The third-order valence-corrected chi connectivity index (χ3v) is 3.83. The zero-order chi connectivity index (χ0) is 18.9. The van der Waals surface area contributed by atoms with Crippen molar-refractivity contribution in [1.29, 1.82) is 0 Å². The molecule has 0 radical (unpaired) electrons. The Morgan fingerprint density at radius 2 is 1.78 bits per heavy atom. The molecule has 0 bridgehead atoms. The van der Waals surface area contributed by atoms with E-state index in [-0.39, 0.29) is 46.6 Å². The number of aliphatic hydroxyl groups is 1. The summed E-state index contributed by atoms with van der Waals surface area (Å²) in [4.78, 5) is 0. The fourth-order valence-electron chi connectivity index (χ4n) is 2.28. The maximum atomic E-state index is 10.4. The van der Waals surface area contributed by atoms with Crippen molar-refractivity contribution in [2.75, 3.05) is 0 Å². The van der Waals surface area contributed by atoms with E-state index in [1.807, 2.05) is 0 Å². The zero-order valence-corrected chi connectivity index (χ0v) is 16.8. The molecule has 2 unspecified atom stereocenters. The second-order valence-electron chi connectivity index (χ2n) is 5.31. The van der Waals surface area contributed by atoms with E-state index in [0.717, 1.165) is 6.26 Å². The monoisotopic (exact) mass is 404 g/mol. The number of fused-ring (bicyclic) bond motifs is 1. The third-order valence-electron chi connectivity index (χ3n) is 3.49. The molecule has 9 nitrogen and oxygen atoms in total. The molecule has 1 heterocycles. The van der Waals surface area contributed by atoms with Crippen molar-refractivity contribution in [2.24, 2.45) is 0 Å². The van der Waals surface area contributed by atoms with Crippen LogP contribution >= 0.6 is 0 Å². The number of rotatable bonds is 5. The van der Waals surface area contributed by atoms with E-state index >= 15 is 0 Å². The Bertz CT molecular complexity index is 958. The Morgan fingerprint density at radius 1 is 1.07 bits per heavy atom. The van der Waals surface area contributed by atoms with Crippen LogP contribution in [0, 0.1) is 0 Å². The second-order valence-corrected chi connectivity index (χ2v) is 6.32. The van der Waals surface area contributed by atoms with Crippen molar-refractivity contribution < 1.29 is 71.5 Å². The van der Waals surface area contributed by atoms with Crippen LogP contribution in [-0.2, 0) is 14.6 Å². The van der Waals surface area contributed by atoms with Crippen LogP contribution in [0.4, 0.5) is 0 Å². The summed E-state index contributed by atoms with van der Waals surface area (Å²) in [5.41, 5.74) is 0.737. The van der Waals surface area contributed by atoms with Crippen molar-refractivity contribution in [1.82, 2.24) is 0 Å². The summed E-state index contributed by atoms with van der Waals surface area (Å²) >= 11 is 0. The van der Waals surface area contributed by atoms with Gasteiger partial charge in [-0.25, -0.2) is 8.42 Å². The molecule has 0 aromatic heterocycles. The zero-order valence-electron chi connectivity index (χ0n) is 14.0. The van der Waals surface area contributed by atoms with E-state index in [0.29, 0.717) is 11.3 Å². The van der Waals surface area contributed by atoms with Crippen molar-refractivity contribution in [2.45, 2.75) is 12.4 Å². The van der Waals surface area contributed by atoms with Gasteiger partial charge in [-0.15, -0.1) is 0 Å². The fourth-order valence-corrected chi connectivity index (χ4v) is 2.47. The van der Waals surface area contributed by atoms with Crippen LogP contribution in [-0.4, -0.2) is 34.6 Å². The predicted molar refractivity (Wildman–Crippen MR) is 86.0 cm³/mol. The van der Waals surface area contributed by atoms with Gasteiger partial charge < -0.3 is 33.5 Å². The van der Waals surface area contributed by atoms with Gasteiger partial charge in [-0.1, -0.05) is 12.1 Å². The summed E-state index contributed by atoms with van der Waals surface area (Å²) < 4.78 is 46.1. The van der Waals surface area contributed by atoms with Gasteiger partial charge in [-0.05, 0) is 41.5 Å². The molecule has 0 saturated heterocycles. The van der Waals surface area contributed by atoms with E-state index in [1.165, 1.54) is 36.4 Å². The topological polar surface area (TPSA) is 146 Å². The van der Waals surface area contributed by atoms with Crippen molar-refractivity contribution in [3.63, 3.8) is 0 Å². The van der Waals surface area contributed by atoms with Crippen LogP contribution in [0.5, 0.6) is 23.0 Å². The van der Waals surface area contributed by atoms with Crippen LogP contribution in [0.1, 0.15) is 17.2 Å². The number of aromatic hydroxyl groups is 2. The molecule has 0 saturated carbocycles. The summed E-state index contributed by atoms with van der Waals surface area (Å²) in [6.45, 7) is 0. The van der Waals surface area contributed by atoms with Crippen LogP contribution in [0.3, 0.4) is 0 Å². The van der Waals surface area contributed by atoms with Crippen LogP contribution in [0.15, 0.2) is 42.7 Å². The van der Waals surface area contributed by atoms with Gasteiger partial charge in [0.1, 0.15) is 6.26 Å². The molecular formula is C16H13NaO9S. The minimum atomic E-state index is -4.83. The normalized spacial score (nSPS) is 16.7. The minimum Gasteiger partial charge on any atom is -0.716 e. The maximum absolute atomic E-state index is 10.4. The molecule has 2 aromatic carbocycles. The smallest absolute Gasteiger partial charge is 0.716 e. The fraction of sp³-hybridized carbons (Fsp3) is 0.125. The number of aliphatic hydroxyl groups excluding tert-OH is 1. The summed E-state index contributed by atoms with van der Waals surface area (Å²) in [7, 11) is -4.83. The molecule has 138 valence electrons. The Labute approximate surface area is 176 Å². The average Bonchev–Trinajstić information content (AvgIpc) is 2.99. The van der Waals surface area contributed by atoms with Crippen LogP contribution in [0.25, 0.3) is 6.08 Å². The second kappa shape index (κ2) is 8.38. The SMILES string of the molecule is O=S(=O)([O-])O/C=C/c1ccc2c(c1)OC(C(O)c1ccc(O)c(O)c1)O2.[Na+]. The molecule has 2 atom stereocenters. The summed E-state index contributed by atoms with van der Waals surface area (Å²) in [6, 6.07) is 8.40. The first-order chi connectivity index (χ1) is 12.2. The molecule has 27 heavy (non-hydrogen) atoms. The minimum absolute atomic E-state index is 0. The largest absolute Gasteiger partial charge is 1.00 e. The number of phenolic OH excluding ortho intramolecular Hbond substituents is 2. The summed E-state index contributed by atoms with van der Waals surface area (Å²) in [5.74, 6) is -0.0928. The molecule has 0 spiro atoms. The quantitative estimate of drug-likeness (QED) is 0.176. The first-order valence-electron chi connectivity index (χ1n) is 7.21. The Kier molecular flexibility index (Phi) is 6.63. The molecule has 11 heteroatoms. The summed E-state index contributed by atoms with van der Waals surface area (Å²) in [5, 5.41) is 29.2. The predicted octanol–water partition coefficient (Wildman–Crippen LogP) is -1.62. The van der Waals surface area contributed by atoms with Crippen molar-refractivity contribution in [3.05, 3.63) is 53.8 Å². The molecule has 2 aromatic rings. The molecule has 0 amide bonds. The van der Waals surface area contributed by atoms with Gasteiger partial charge in [0.15, 0.2) is 29.1 Å². The van der Waals surface area contributed by atoms with E-state index < -0.39 is 28.5 Å². The molecule has 1 aliphatic rings. The number of hydrogen-bond acceptors (Lipinski definition) is 9. The van der Waals surface area contributed by atoms with E-state index in [1.54, 1.807) is 6.07 Å². The van der Waals surface area contributed by atoms with E-state index in [9.17, 15) is 28.3 Å². The van der Waals surface area contributed by atoms with Gasteiger partial charge in [-0.2, -0.15) is 0 Å². The van der Waals surface area contributed by atoms with Gasteiger partial charge in [0.25, 0.3) is 16.7 Å². The standard InChI is InChI=1S/C16H14O9S.Na/c17-11-3-2-10(8-12(11)18)15(19)16-24-13-4-1-9(7-14(13)25-16)5-6-23-26(20,21)22;/h1-8,15-19H,(H,20,21,22);/q;+1/p-1/b6-5+;. The Balaban J connectivity index is 0.00000261. The van der Waals surface area contributed by atoms with Crippen LogP contribution in [0.2, 0.25) is 0 Å². The average molecular weight is 404 g/mol. The van der Waals surface area contributed by atoms with E-state index in [4.69, 9.17) is 9.47 Å². The first kappa shape index (κ1) is 21.4. The number of ether oxygens (including phenoxy) is 2. The van der Waals surface area contributed by atoms with Gasteiger partial charge in [-0.3, -0.25) is 0 Å². The molecule has 0 fully saturated rings. The van der Waals surface area contributed by atoms with Gasteiger partial charge in [0.05, 0.1) is 0 Å². The number of hydrogen-bond donors (Lipinski definition) is 3. The Hall–Kier alpha value is -1.95. The van der Waals surface area contributed by atoms with E-state index in [2.05, 4.69) is 4.18 Å². The summed E-state index contributed by atoms with van der Waals surface area (Å²) in [6.07, 6.45) is -0.375. The van der Waals surface area contributed by atoms with Gasteiger partial charge >= 0.3 is 29.6 Å². The molecule has 3 N–H and O–H groups in total. The van der Waals surface area contributed by atoms with Crippen LogP contribution < -0.4 is 39.0 Å². The number of benzene rings is 2. The van der Waals surface area contributed by atoms with Crippen molar-refractivity contribution >= 4 is 16.5 Å². The number of phenols is 2. The first-order valence-corrected chi connectivity index (χ1v) is 8.54. The maximum Gasteiger partial charge on any atom is 1.00 e. The molecule has 0 aliphatic carbocycles. The van der Waals surface area contributed by atoms with Crippen molar-refractivity contribution in [3.8, 4) is 23.0 Å². The Morgan fingerprint density at radius 3 is 2.44 bits per heavy atom. The molecule has 3 rings (SSSR count). The molecule has 1 aliphatic heterocycles. The third kappa shape index (κ3) is 5.28.